The number of nitrogens with one attached hydrogen (secondary N) is 1. The van der Waals surface area contributed by atoms with Crippen molar-refractivity contribution < 1.29 is 0 Å². The number of aromatic nitrogens is 2. The zero-order valence-electron chi connectivity index (χ0n) is 10.5. The second kappa shape index (κ2) is 5.65. The average molecular weight is 252 g/mol. The lowest BCUT2D eigenvalue weighted by Crippen LogP contribution is -2.25. The van der Waals surface area contributed by atoms with E-state index in [0.29, 0.717) is 11.8 Å². The van der Waals surface area contributed by atoms with Crippen molar-refractivity contribution in [2.24, 2.45) is 0 Å². The van der Waals surface area contributed by atoms with Gasteiger partial charge in [0.25, 0.3) is 0 Å². The fourth-order valence-corrected chi connectivity index (χ4v) is 1.79. The Kier molecular flexibility index (Phi) is 3.75. The minimum Gasteiger partial charge on any atom is -0.357 e. The summed E-state index contributed by atoms with van der Waals surface area (Å²) in [5.74, 6) is 1.06. The Balaban J connectivity index is 2.62. The molecule has 0 aliphatic carbocycles. The van der Waals surface area contributed by atoms with E-state index in [1.54, 1.807) is 11.9 Å². The number of benzene rings is 1. The first-order valence-corrected chi connectivity index (χ1v) is 5.73. The Morgan fingerprint density at radius 2 is 1.84 bits per heavy atom. The second-order valence-electron chi connectivity index (χ2n) is 3.81. The Morgan fingerprint density at radius 1 is 1.16 bits per heavy atom. The Hall–Kier alpha value is -2.86. The Bertz CT molecular complexity index is 651. The van der Waals surface area contributed by atoms with Crippen molar-refractivity contribution in [2.45, 2.75) is 0 Å². The number of para-hydroxylation sites is 1. The highest BCUT2D eigenvalue weighted by molar-refractivity contribution is 5.90. The quantitative estimate of drug-likeness (QED) is 0.830. The SMILES string of the molecule is CNc1nc(N(CC#N)CC#N)c2ccccc2n1. The van der Waals surface area contributed by atoms with Crippen LogP contribution in [-0.2, 0) is 0 Å². The van der Waals surface area contributed by atoms with E-state index < -0.39 is 0 Å². The second-order valence-corrected chi connectivity index (χ2v) is 3.81. The van der Waals surface area contributed by atoms with Crippen LogP contribution in [-0.4, -0.2) is 30.1 Å². The maximum atomic E-state index is 8.86. The topological polar surface area (TPSA) is 88.6 Å². The van der Waals surface area contributed by atoms with Crippen LogP contribution in [0.4, 0.5) is 11.8 Å². The molecule has 0 aliphatic heterocycles. The third-order valence-electron chi connectivity index (χ3n) is 2.63. The van der Waals surface area contributed by atoms with E-state index in [0.717, 1.165) is 10.9 Å². The van der Waals surface area contributed by atoms with Crippen LogP contribution in [0.25, 0.3) is 10.9 Å². The first kappa shape index (κ1) is 12.6. The molecule has 1 aromatic carbocycles. The molecule has 1 N–H and O–H groups in total. The van der Waals surface area contributed by atoms with E-state index in [4.69, 9.17) is 10.5 Å². The molecule has 0 aliphatic rings. The van der Waals surface area contributed by atoms with Gasteiger partial charge in [-0.05, 0) is 12.1 Å². The summed E-state index contributed by atoms with van der Waals surface area (Å²) in [5.41, 5.74) is 0.776. The third kappa shape index (κ3) is 2.53. The van der Waals surface area contributed by atoms with E-state index in [9.17, 15) is 0 Å². The van der Waals surface area contributed by atoms with E-state index in [2.05, 4.69) is 15.3 Å². The summed E-state index contributed by atoms with van der Waals surface area (Å²) < 4.78 is 0. The summed E-state index contributed by atoms with van der Waals surface area (Å²) in [6, 6.07) is 11.6. The summed E-state index contributed by atoms with van der Waals surface area (Å²) in [4.78, 5) is 10.3. The van der Waals surface area contributed by atoms with Gasteiger partial charge in [-0.1, -0.05) is 12.1 Å². The monoisotopic (exact) mass is 252 g/mol. The highest BCUT2D eigenvalue weighted by Gasteiger charge is 2.13. The lowest BCUT2D eigenvalue weighted by atomic mass is 10.2. The van der Waals surface area contributed by atoms with Crippen LogP contribution in [0.5, 0.6) is 0 Å². The molecule has 0 amide bonds. The molecule has 0 spiro atoms. The van der Waals surface area contributed by atoms with Crippen molar-refractivity contribution in [1.82, 2.24) is 9.97 Å². The van der Waals surface area contributed by atoms with Crippen molar-refractivity contribution in [3.05, 3.63) is 24.3 Å². The fraction of sp³-hybridized carbons (Fsp3) is 0.231. The molecule has 19 heavy (non-hydrogen) atoms. The number of hydrogen-bond donors (Lipinski definition) is 1. The predicted molar refractivity (Wildman–Crippen MR) is 72.5 cm³/mol. The van der Waals surface area contributed by atoms with Crippen molar-refractivity contribution in [1.29, 1.82) is 10.5 Å². The maximum absolute atomic E-state index is 8.86. The van der Waals surface area contributed by atoms with Gasteiger partial charge >= 0.3 is 0 Å². The first-order valence-electron chi connectivity index (χ1n) is 5.73. The number of nitriles is 2. The highest BCUT2D eigenvalue weighted by atomic mass is 15.2. The Morgan fingerprint density at radius 3 is 2.47 bits per heavy atom. The molecule has 0 saturated carbocycles. The molecule has 0 fully saturated rings. The lowest BCUT2D eigenvalue weighted by molar-refractivity contribution is 0.938. The van der Waals surface area contributed by atoms with Crippen molar-refractivity contribution in [3.63, 3.8) is 0 Å². The molecule has 0 radical (unpaired) electrons. The standard InChI is InChI=1S/C13H12N6/c1-16-13-17-11-5-3-2-4-10(11)12(18-13)19(8-6-14)9-7-15/h2-5H,8-9H2,1H3,(H,16,17,18). The molecule has 6 nitrogen and oxygen atoms in total. The molecular weight excluding hydrogens is 240 g/mol. The van der Waals surface area contributed by atoms with Crippen LogP contribution in [0.2, 0.25) is 0 Å². The van der Waals surface area contributed by atoms with Gasteiger partial charge in [-0.15, -0.1) is 0 Å². The summed E-state index contributed by atoms with van der Waals surface area (Å²) in [7, 11) is 1.73. The molecular formula is C13H12N6. The van der Waals surface area contributed by atoms with E-state index >= 15 is 0 Å². The number of hydrogen-bond acceptors (Lipinski definition) is 6. The van der Waals surface area contributed by atoms with Gasteiger partial charge in [-0.3, -0.25) is 0 Å². The fourth-order valence-electron chi connectivity index (χ4n) is 1.79. The molecule has 2 rings (SSSR count). The van der Waals surface area contributed by atoms with E-state index in [-0.39, 0.29) is 13.1 Å². The highest BCUT2D eigenvalue weighted by Crippen LogP contribution is 2.24. The average Bonchev–Trinajstić information content (AvgIpc) is 2.46. The van der Waals surface area contributed by atoms with Crippen molar-refractivity contribution in [2.75, 3.05) is 30.4 Å². The van der Waals surface area contributed by atoms with Crippen molar-refractivity contribution >= 4 is 22.7 Å². The maximum Gasteiger partial charge on any atom is 0.224 e. The first-order chi connectivity index (χ1) is 9.30. The minimum absolute atomic E-state index is 0.109. The number of rotatable bonds is 4. The lowest BCUT2D eigenvalue weighted by Gasteiger charge is -2.19. The van der Waals surface area contributed by atoms with Crippen LogP contribution >= 0.6 is 0 Å². The van der Waals surface area contributed by atoms with Gasteiger partial charge in [0.15, 0.2) is 0 Å². The summed E-state index contributed by atoms with van der Waals surface area (Å²) in [6.07, 6.45) is 0. The van der Waals surface area contributed by atoms with Crippen LogP contribution in [0.1, 0.15) is 0 Å². The predicted octanol–water partition coefficient (Wildman–Crippen LogP) is 1.53. The van der Waals surface area contributed by atoms with Crippen LogP contribution in [0.3, 0.4) is 0 Å². The third-order valence-corrected chi connectivity index (χ3v) is 2.63. The normalized spacial score (nSPS) is 9.63. The molecule has 6 heteroatoms. The zero-order valence-corrected chi connectivity index (χ0v) is 10.5. The molecule has 0 atom stereocenters. The molecule has 0 bridgehead atoms. The minimum atomic E-state index is 0.109. The van der Waals surface area contributed by atoms with Crippen LogP contribution in [0, 0.1) is 22.7 Å². The van der Waals surface area contributed by atoms with Gasteiger partial charge in [0.05, 0.1) is 17.7 Å². The summed E-state index contributed by atoms with van der Waals surface area (Å²) >= 11 is 0. The Labute approximate surface area is 110 Å². The molecule has 1 aromatic heterocycles. The largest absolute Gasteiger partial charge is 0.357 e. The van der Waals surface area contributed by atoms with Crippen LogP contribution < -0.4 is 10.2 Å². The van der Waals surface area contributed by atoms with Gasteiger partial charge in [-0.25, -0.2) is 4.98 Å². The van der Waals surface area contributed by atoms with Gasteiger partial charge in [0.1, 0.15) is 18.9 Å². The zero-order chi connectivity index (χ0) is 13.7. The van der Waals surface area contributed by atoms with Crippen molar-refractivity contribution in [3.8, 4) is 12.1 Å². The molecule has 2 aromatic rings. The van der Waals surface area contributed by atoms with Gasteiger partial charge in [0.2, 0.25) is 5.95 Å². The van der Waals surface area contributed by atoms with E-state index in [1.165, 1.54) is 0 Å². The summed E-state index contributed by atoms with van der Waals surface area (Å²) in [6.45, 7) is 0.218. The smallest absolute Gasteiger partial charge is 0.224 e. The van der Waals surface area contributed by atoms with Crippen LogP contribution in [0.15, 0.2) is 24.3 Å². The van der Waals surface area contributed by atoms with Gasteiger partial charge in [0, 0.05) is 12.4 Å². The molecule has 1 heterocycles. The number of nitrogens with zero attached hydrogens (tertiary/aromatic N) is 5. The number of fused-ring (bicyclic) bond motifs is 1. The molecule has 0 saturated heterocycles. The van der Waals surface area contributed by atoms with Gasteiger partial charge < -0.3 is 10.2 Å². The van der Waals surface area contributed by atoms with Gasteiger partial charge in [-0.2, -0.15) is 15.5 Å². The molecule has 94 valence electrons. The molecule has 0 unspecified atom stereocenters. The van der Waals surface area contributed by atoms with E-state index in [1.807, 2.05) is 36.4 Å². The number of anilines is 2. The summed E-state index contributed by atoms with van der Waals surface area (Å²) in [5, 5.41) is 21.4.